The number of aliphatic hydroxyl groups is 5. The number of phenolic OH excluding ortho intramolecular Hbond substituents is 1. The molecule has 2 saturated heterocycles. The number of aromatic hydroxyl groups is 1. The maximum atomic E-state index is 12.8. The topological polar surface area (TPSA) is 202 Å². The molecule has 6 N–H and O–H groups in total. The van der Waals surface area contributed by atoms with E-state index >= 15 is 0 Å². The lowest BCUT2D eigenvalue weighted by molar-refractivity contribution is -0.774. The number of hydrogen-bond donors (Lipinski definition) is 6. The third-order valence-electron chi connectivity index (χ3n) is 11.4. The minimum Gasteiger partial charge on any atom is -0.508 e. The van der Waals surface area contributed by atoms with Crippen molar-refractivity contribution in [1.82, 2.24) is 0 Å². The van der Waals surface area contributed by atoms with E-state index in [4.69, 9.17) is 23.7 Å². The van der Waals surface area contributed by atoms with Gasteiger partial charge in [0.05, 0.1) is 33.2 Å². The standard InChI is InChI=1S/C31H32O13/c1-26-13-28(38)19-11-29(39)27(19,14-41-24(37)16-7-9-17(32)10-8-16)30(26,28)31(29,44-26)43-25-22(35)21(34)20(33)18(42-25)12-40-23(36)15-5-3-2-4-6-15/h2-10,18-22,25,32-35,38-39H,11-14H2,1H3/t18-,19?,20-,21+,22-,25+,26+,27?,28?,29+,30?,31?/m1/s1. The maximum absolute atomic E-state index is 12.8. The molecule has 8 rings (SSSR count). The predicted molar refractivity (Wildman–Crippen MR) is 143 cm³/mol. The van der Waals surface area contributed by atoms with E-state index < -0.39 is 88.6 Å². The molecule has 6 fully saturated rings. The van der Waals surface area contributed by atoms with Crippen molar-refractivity contribution in [2.24, 2.45) is 16.7 Å². The SMILES string of the molecule is C[C@@]12CC3(O)C4C[C@@]5(O)C(O[C@@H]6O[C@H](COC(=O)c7ccccc7)[C@@H](O)[C@H](O)[C@H]6O)(O1)C32C45COC(=O)c1ccc(O)cc1. The lowest BCUT2D eigenvalue weighted by atomic mass is 9.02. The zero-order chi connectivity index (χ0) is 31.1. The van der Waals surface area contributed by atoms with Crippen LogP contribution in [0.4, 0.5) is 0 Å². The van der Waals surface area contributed by atoms with Gasteiger partial charge in [-0.2, -0.15) is 0 Å². The number of ether oxygens (including phenoxy) is 5. The molecule has 5 unspecified atom stereocenters. The van der Waals surface area contributed by atoms with Gasteiger partial charge in [0.1, 0.15) is 49.0 Å². The quantitative estimate of drug-likeness (QED) is 0.211. The first-order valence-corrected chi connectivity index (χ1v) is 14.5. The van der Waals surface area contributed by atoms with Gasteiger partial charge in [0.25, 0.3) is 0 Å². The van der Waals surface area contributed by atoms with E-state index in [0.717, 1.165) is 0 Å². The number of carbonyl (C=O) groups is 2. The van der Waals surface area contributed by atoms with Crippen molar-refractivity contribution >= 4 is 11.9 Å². The molecule has 0 bridgehead atoms. The highest BCUT2D eigenvalue weighted by Gasteiger charge is 3.20. The number of esters is 2. The highest BCUT2D eigenvalue weighted by Crippen LogP contribution is 3.06. The first-order valence-electron chi connectivity index (χ1n) is 14.5. The fraction of sp³-hybridized carbons (Fsp3) is 0.548. The van der Waals surface area contributed by atoms with Crippen LogP contribution in [0.3, 0.4) is 0 Å². The first kappa shape index (κ1) is 28.3. The molecule has 2 heterocycles. The smallest absolute Gasteiger partial charge is 0.338 e. The highest BCUT2D eigenvalue weighted by molar-refractivity contribution is 5.90. The minimum absolute atomic E-state index is 0.0160. The van der Waals surface area contributed by atoms with Crippen LogP contribution in [0.1, 0.15) is 40.5 Å². The van der Waals surface area contributed by atoms with Gasteiger partial charge in [-0.3, -0.25) is 0 Å². The van der Waals surface area contributed by atoms with Gasteiger partial charge in [0, 0.05) is 12.3 Å². The average molecular weight is 613 g/mol. The van der Waals surface area contributed by atoms with Crippen LogP contribution in [0.5, 0.6) is 5.75 Å². The van der Waals surface area contributed by atoms with E-state index in [1.165, 1.54) is 24.3 Å². The van der Waals surface area contributed by atoms with Crippen LogP contribution in [0.2, 0.25) is 0 Å². The lowest BCUT2D eigenvalue weighted by Crippen LogP contribution is -3.22. The number of rotatable bonds is 8. The minimum atomic E-state index is -1.87. The molecule has 1 spiro atoms. The van der Waals surface area contributed by atoms with Crippen molar-refractivity contribution < 1.29 is 63.9 Å². The van der Waals surface area contributed by atoms with Crippen LogP contribution in [0, 0.1) is 16.7 Å². The number of carbonyl (C=O) groups excluding carboxylic acids is 2. The second-order valence-electron chi connectivity index (χ2n) is 13.1. The molecule has 0 radical (unpaired) electrons. The Balaban J connectivity index is 1.03. The van der Waals surface area contributed by atoms with Gasteiger partial charge in [-0.05, 0) is 49.7 Å². The molecule has 12 atom stereocenters. The molecular weight excluding hydrogens is 580 g/mol. The Morgan fingerprint density at radius 1 is 0.909 bits per heavy atom. The molecule has 2 aromatic carbocycles. The molecule has 2 aliphatic heterocycles. The van der Waals surface area contributed by atoms with Crippen molar-refractivity contribution in [2.45, 2.75) is 73.1 Å². The molecule has 4 aliphatic carbocycles. The van der Waals surface area contributed by atoms with E-state index in [1.807, 2.05) is 0 Å². The third-order valence-corrected chi connectivity index (χ3v) is 11.4. The van der Waals surface area contributed by atoms with Crippen LogP contribution in [0.15, 0.2) is 54.6 Å². The summed E-state index contributed by atoms with van der Waals surface area (Å²) in [7, 11) is 0. The monoisotopic (exact) mass is 612 g/mol. The Hall–Kier alpha value is -3.14. The summed E-state index contributed by atoms with van der Waals surface area (Å²) in [5, 5.41) is 65.5. The Labute approximate surface area is 250 Å². The molecular formula is C31H32O13. The molecule has 2 aromatic rings. The van der Waals surface area contributed by atoms with Gasteiger partial charge in [0.2, 0.25) is 5.79 Å². The van der Waals surface area contributed by atoms with E-state index in [-0.39, 0.29) is 36.3 Å². The fourth-order valence-corrected chi connectivity index (χ4v) is 9.93. The number of phenols is 1. The van der Waals surface area contributed by atoms with Crippen LogP contribution < -0.4 is 0 Å². The summed E-state index contributed by atoms with van der Waals surface area (Å²) >= 11 is 0. The van der Waals surface area contributed by atoms with Gasteiger partial charge < -0.3 is 54.3 Å². The Kier molecular flexibility index (Phi) is 5.51. The van der Waals surface area contributed by atoms with Crippen molar-refractivity contribution in [3.63, 3.8) is 0 Å². The van der Waals surface area contributed by atoms with Crippen LogP contribution in [-0.2, 0) is 23.7 Å². The van der Waals surface area contributed by atoms with E-state index in [9.17, 15) is 40.2 Å². The van der Waals surface area contributed by atoms with Crippen molar-refractivity contribution in [3.05, 3.63) is 65.7 Å². The molecule has 44 heavy (non-hydrogen) atoms. The Morgan fingerprint density at radius 2 is 1.57 bits per heavy atom. The summed E-state index contributed by atoms with van der Waals surface area (Å²) < 4.78 is 29.2. The van der Waals surface area contributed by atoms with Crippen molar-refractivity contribution in [3.8, 4) is 5.75 Å². The Bertz CT molecular complexity index is 1550. The van der Waals surface area contributed by atoms with Crippen molar-refractivity contribution in [1.29, 1.82) is 0 Å². The fourth-order valence-electron chi connectivity index (χ4n) is 9.93. The molecule has 234 valence electrons. The summed E-state index contributed by atoms with van der Waals surface area (Å²) in [6.07, 6.45) is -7.85. The second-order valence-corrected chi connectivity index (χ2v) is 13.1. The van der Waals surface area contributed by atoms with Gasteiger partial charge in [-0.1, -0.05) is 18.2 Å². The van der Waals surface area contributed by atoms with Crippen molar-refractivity contribution in [2.75, 3.05) is 13.2 Å². The lowest BCUT2D eigenvalue weighted by Gasteiger charge is -3.08. The second kappa shape index (κ2) is 8.56. The molecule has 0 amide bonds. The summed E-state index contributed by atoms with van der Waals surface area (Å²) in [5.74, 6) is -3.66. The largest absolute Gasteiger partial charge is 0.508 e. The van der Waals surface area contributed by atoms with Crippen LogP contribution >= 0.6 is 0 Å². The van der Waals surface area contributed by atoms with Crippen LogP contribution in [0.25, 0.3) is 0 Å². The van der Waals surface area contributed by atoms with Gasteiger partial charge in [-0.25, -0.2) is 9.59 Å². The summed E-state index contributed by atoms with van der Waals surface area (Å²) in [6.45, 7) is 1.04. The van der Waals surface area contributed by atoms with Gasteiger partial charge >= 0.3 is 11.9 Å². The van der Waals surface area contributed by atoms with E-state index in [1.54, 1.807) is 37.3 Å². The first-order chi connectivity index (χ1) is 20.8. The predicted octanol–water partition coefficient (Wildman–Crippen LogP) is -0.399. The molecule has 6 aliphatic rings. The van der Waals surface area contributed by atoms with Gasteiger partial charge in [-0.15, -0.1) is 0 Å². The molecule has 13 nitrogen and oxygen atoms in total. The summed E-state index contributed by atoms with van der Waals surface area (Å²) in [6, 6.07) is 13.6. The Morgan fingerprint density at radius 3 is 2.25 bits per heavy atom. The van der Waals surface area contributed by atoms with Crippen LogP contribution in [-0.4, -0.2) is 109 Å². The number of hydrogen-bond acceptors (Lipinski definition) is 13. The third kappa shape index (κ3) is 2.77. The number of aliphatic hydroxyl groups excluding tert-OH is 3. The zero-order valence-electron chi connectivity index (χ0n) is 23.5. The number of benzene rings is 2. The maximum Gasteiger partial charge on any atom is 0.338 e. The molecule has 13 heteroatoms. The molecule has 0 aromatic heterocycles. The number of fused-ring (bicyclic) bond motifs is 2. The van der Waals surface area contributed by atoms with Gasteiger partial charge in [0.15, 0.2) is 6.29 Å². The molecule has 4 saturated carbocycles. The van der Waals surface area contributed by atoms with E-state index in [2.05, 4.69) is 0 Å². The normalized spacial score (nSPS) is 48.5. The highest BCUT2D eigenvalue weighted by atomic mass is 16.8. The summed E-state index contributed by atoms with van der Waals surface area (Å²) in [5.41, 5.74) is -5.86. The average Bonchev–Trinajstić information content (AvgIpc) is 3.00. The zero-order valence-corrected chi connectivity index (χ0v) is 23.5. The van der Waals surface area contributed by atoms with E-state index in [0.29, 0.717) is 0 Å². The summed E-state index contributed by atoms with van der Waals surface area (Å²) in [4.78, 5) is 25.3.